The number of hydrogen-bond donors (Lipinski definition) is 3. The maximum absolute atomic E-state index is 13.4. The van der Waals surface area contributed by atoms with E-state index in [1.807, 2.05) is 66.5 Å². The first-order valence-corrected chi connectivity index (χ1v) is 13.8. The SMILES string of the molecule is CN(Cc1ccccc1)CC(NC(=O)OCC1c2ccccc2-c2ccccc21)C(=O)N[C@H]1CCC[C@H]1C(=O)O. The van der Waals surface area contributed by atoms with Gasteiger partial charge < -0.3 is 20.5 Å². The van der Waals surface area contributed by atoms with Crippen molar-refractivity contribution in [2.45, 2.75) is 43.8 Å². The number of carboxylic acids is 1. The monoisotopic (exact) mass is 541 g/mol. The molecule has 1 unspecified atom stereocenters. The second kappa shape index (κ2) is 12.3. The molecule has 40 heavy (non-hydrogen) atoms. The summed E-state index contributed by atoms with van der Waals surface area (Å²) in [6, 6.07) is 24.7. The van der Waals surface area contributed by atoms with E-state index in [1.165, 1.54) is 0 Å². The minimum Gasteiger partial charge on any atom is -0.481 e. The Labute approximate surface area is 234 Å². The van der Waals surface area contributed by atoms with Crippen LogP contribution in [0.25, 0.3) is 11.1 Å². The van der Waals surface area contributed by atoms with Gasteiger partial charge in [0.1, 0.15) is 12.6 Å². The Hall–Kier alpha value is -4.17. The second-order valence-electron chi connectivity index (χ2n) is 10.7. The molecule has 3 N–H and O–H groups in total. The predicted octanol–water partition coefficient (Wildman–Crippen LogP) is 4.40. The number of fused-ring (bicyclic) bond motifs is 3. The lowest BCUT2D eigenvalue weighted by atomic mass is 9.98. The van der Waals surface area contributed by atoms with Gasteiger partial charge in [-0.15, -0.1) is 0 Å². The van der Waals surface area contributed by atoms with Crippen molar-refractivity contribution in [3.63, 3.8) is 0 Å². The van der Waals surface area contributed by atoms with Crippen molar-refractivity contribution < 1.29 is 24.2 Å². The second-order valence-corrected chi connectivity index (χ2v) is 10.7. The van der Waals surface area contributed by atoms with Crippen molar-refractivity contribution >= 4 is 18.0 Å². The molecule has 0 bridgehead atoms. The summed E-state index contributed by atoms with van der Waals surface area (Å²) in [6.07, 6.45) is 1.18. The Kier molecular flexibility index (Phi) is 8.45. The molecule has 2 aliphatic carbocycles. The molecule has 3 atom stereocenters. The van der Waals surface area contributed by atoms with Crippen LogP contribution >= 0.6 is 0 Å². The van der Waals surface area contributed by atoms with Crippen molar-refractivity contribution in [1.29, 1.82) is 0 Å². The normalized spacial score (nSPS) is 18.6. The number of nitrogens with one attached hydrogen (secondary N) is 2. The summed E-state index contributed by atoms with van der Waals surface area (Å²) in [5, 5.41) is 15.2. The van der Waals surface area contributed by atoms with Gasteiger partial charge in [-0.2, -0.15) is 0 Å². The van der Waals surface area contributed by atoms with Gasteiger partial charge >= 0.3 is 12.1 Å². The Morgan fingerprint density at radius 2 is 1.55 bits per heavy atom. The van der Waals surface area contributed by atoms with Crippen molar-refractivity contribution in [2.24, 2.45) is 5.92 Å². The van der Waals surface area contributed by atoms with Crippen LogP contribution < -0.4 is 10.6 Å². The van der Waals surface area contributed by atoms with Crippen molar-refractivity contribution in [2.75, 3.05) is 20.2 Å². The molecule has 0 aromatic heterocycles. The average Bonchev–Trinajstić information content (AvgIpc) is 3.54. The molecule has 8 nitrogen and oxygen atoms in total. The number of carboxylic acid groups (broad SMARTS) is 1. The highest BCUT2D eigenvalue weighted by Gasteiger charge is 2.36. The molecule has 0 radical (unpaired) electrons. The van der Waals surface area contributed by atoms with Gasteiger partial charge in [-0.1, -0.05) is 85.3 Å². The lowest BCUT2D eigenvalue weighted by Crippen LogP contribution is -2.55. The van der Waals surface area contributed by atoms with E-state index in [1.54, 1.807) is 0 Å². The maximum atomic E-state index is 13.4. The average molecular weight is 542 g/mol. The van der Waals surface area contributed by atoms with Gasteiger partial charge in [0, 0.05) is 25.0 Å². The summed E-state index contributed by atoms with van der Waals surface area (Å²) in [5.41, 5.74) is 5.56. The van der Waals surface area contributed by atoms with E-state index in [2.05, 4.69) is 34.9 Å². The fourth-order valence-corrected chi connectivity index (χ4v) is 5.96. The number of likely N-dealkylation sites (N-methyl/N-ethyl adjacent to an activating group) is 1. The van der Waals surface area contributed by atoms with E-state index >= 15 is 0 Å². The summed E-state index contributed by atoms with van der Waals surface area (Å²) < 4.78 is 5.71. The molecule has 2 amide bonds. The first-order chi connectivity index (χ1) is 19.4. The Morgan fingerprint density at radius 1 is 0.925 bits per heavy atom. The van der Waals surface area contributed by atoms with E-state index in [9.17, 15) is 19.5 Å². The van der Waals surface area contributed by atoms with Gasteiger partial charge in [0.15, 0.2) is 0 Å². The lowest BCUT2D eigenvalue weighted by Gasteiger charge is -2.27. The molecule has 2 aliphatic rings. The molecule has 208 valence electrons. The van der Waals surface area contributed by atoms with Crippen LogP contribution in [-0.4, -0.2) is 60.3 Å². The minimum atomic E-state index is -0.917. The van der Waals surface area contributed by atoms with Gasteiger partial charge in [-0.05, 0) is 47.7 Å². The topological polar surface area (TPSA) is 108 Å². The van der Waals surface area contributed by atoms with Gasteiger partial charge in [0.25, 0.3) is 0 Å². The number of amides is 2. The summed E-state index contributed by atoms with van der Waals surface area (Å²) in [5.74, 6) is -2.04. The van der Waals surface area contributed by atoms with Gasteiger partial charge in [-0.25, -0.2) is 4.79 Å². The number of rotatable bonds is 10. The highest BCUT2D eigenvalue weighted by molar-refractivity contribution is 5.87. The molecule has 8 heteroatoms. The summed E-state index contributed by atoms with van der Waals surface area (Å²) in [7, 11) is 1.88. The summed E-state index contributed by atoms with van der Waals surface area (Å²) >= 11 is 0. The first-order valence-electron chi connectivity index (χ1n) is 13.8. The van der Waals surface area contributed by atoms with Crippen LogP contribution in [0.1, 0.15) is 41.9 Å². The standard InChI is InChI=1S/C32H35N3O5/c1-35(18-21-10-3-2-4-11-21)19-29(30(36)33-28-17-9-16-26(28)31(37)38)34-32(39)40-20-27-24-14-7-5-12-22(24)23-13-6-8-15-25(23)27/h2-8,10-15,26-29H,9,16-20H2,1H3,(H,33,36)(H,34,39)(H,37,38)/t26-,28+,29?/m1/s1. The fourth-order valence-electron chi connectivity index (χ4n) is 5.96. The predicted molar refractivity (Wildman–Crippen MR) is 152 cm³/mol. The van der Waals surface area contributed by atoms with Gasteiger partial charge in [0.05, 0.1) is 5.92 Å². The highest BCUT2D eigenvalue weighted by atomic mass is 16.5. The fraction of sp³-hybridized carbons (Fsp3) is 0.344. The van der Waals surface area contributed by atoms with E-state index < -0.39 is 36.0 Å². The molecule has 0 heterocycles. The smallest absolute Gasteiger partial charge is 0.407 e. The number of benzene rings is 3. The zero-order valence-corrected chi connectivity index (χ0v) is 22.6. The molecule has 1 fully saturated rings. The van der Waals surface area contributed by atoms with E-state index in [-0.39, 0.29) is 19.1 Å². The Bertz CT molecular complexity index is 1320. The van der Waals surface area contributed by atoms with Crippen LogP contribution in [-0.2, 0) is 20.9 Å². The molecule has 3 aromatic rings. The maximum Gasteiger partial charge on any atom is 0.407 e. The third kappa shape index (κ3) is 6.18. The zero-order chi connectivity index (χ0) is 28.1. The van der Waals surface area contributed by atoms with Crippen LogP contribution in [0, 0.1) is 5.92 Å². The van der Waals surface area contributed by atoms with Crippen LogP contribution in [0.4, 0.5) is 4.79 Å². The molecular formula is C32H35N3O5. The van der Waals surface area contributed by atoms with Gasteiger partial charge in [-0.3, -0.25) is 14.5 Å². The molecule has 3 aromatic carbocycles. The minimum absolute atomic E-state index is 0.0963. The number of carbonyl (C=O) groups excluding carboxylic acids is 2. The zero-order valence-electron chi connectivity index (χ0n) is 22.6. The Morgan fingerprint density at radius 3 is 2.20 bits per heavy atom. The van der Waals surface area contributed by atoms with Crippen molar-refractivity contribution in [1.82, 2.24) is 15.5 Å². The largest absolute Gasteiger partial charge is 0.481 e. The summed E-state index contributed by atoms with van der Waals surface area (Å²) in [6.45, 7) is 0.950. The molecule has 0 aliphatic heterocycles. The number of alkyl carbamates (subject to hydrolysis) is 1. The highest BCUT2D eigenvalue weighted by Crippen LogP contribution is 2.44. The quantitative estimate of drug-likeness (QED) is 0.351. The number of nitrogens with zero attached hydrogens (tertiary/aromatic N) is 1. The van der Waals surface area contributed by atoms with Crippen molar-refractivity contribution in [3.8, 4) is 11.1 Å². The number of carbonyl (C=O) groups is 3. The molecule has 1 saturated carbocycles. The molecule has 5 rings (SSSR count). The van der Waals surface area contributed by atoms with Crippen LogP contribution in [0.15, 0.2) is 78.9 Å². The number of aliphatic carboxylic acids is 1. The number of ether oxygens (including phenoxy) is 1. The van der Waals surface area contributed by atoms with E-state index in [0.29, 0.717) is 19.4 Å². The molecular weight excluding hydrogens is 506 g/mol. The van der Waals surface area contributed by atoms with Gasteiger partial charge in [0.2, 0.25) is 5.91 Å². The molecule has 0 spiro atoms. The van der Waals surface area contributed by atoms with Crippen LogP contribution in [0.3, 0.4) is 0 Å². The summed E-state index contributed by atoms with van der Waals surface area (Å²) in [4.78, 5) is 40.0. The Balaban J connectivity index is 1.26. The van der Waals surface area contributed by atoms with E-state index in [4.69, 9.17) is 4.74 Å². The first kappa shape index (κ1) is 27.4. The van der Waals surface area contributed by atoms with Crippen LogP contribution in [0.5, 0.6) is 0 Å². The van der Waals surface area contributed by atoms with E-state index in [0.717, 1.165) is 34.2 Å². The number of hydrogen-bond acceptors (Lipinski definition) is 5. The van der Waals surface area contributed by atoms with Crippen molar-refractivity contribution in [3.05, 3.63) is 95.6 Å². The third-order valence-electron chi connectivity index (χ3n) is 7.90. The third-order valence-corrected chi connectivity index (χ3v) is 7.90. The molecule has 0 saturated heterocycles. The van der Waals surface area contributed by atoms with Crippen LogP contribution in [0.2, 0.25) is 0 Å². The lowest BCUT2D eigenvalue weighted by molar-refractivity contribution is -0.142.